The summed E-state index contributed by atoms with van der Waals surface area (Å²) in [7, 11) is 0. The second kappa shape index (κ2) is 5.35. The fourth-order valence-electron chi connectivity index (χ4n) is 3.36. The van der Waals surface area contributed by atoms with Crippen LogP contribution in [-0.4, -0.2) is 9.91 Å². The molecule has 1 aliphatic rings. The number of pyridine rings is 1. The molecule has 5 nitrogen and oxygen atoms in total. The first-order chi connectivity index (χ1) is 11.2. The van der Waals surface area contributed by atoms with Crippen LogP contribution < -0.4 is 5.32 Å². The molecule has 1 aromatic heterocycles. The van der Waals surface area contributed by atoms with Crippen LogP contribution in [0.25, 0.3) is 10.8 Å². The number of hydrogen-bond acceptors (Lipinski definition) is 4. The van der Waals surface area contributed by atoms with Crippen molar-refractivity contribution >= 4 is 22.1 Å². The maximum atomic E-state index is 11.2. The van der Waals surface area contributed by atoms with Crippen LogP contribution in [0.1, 0.15) is 23.6 Å². The molecule has 1 N–H and O–H groups in total. The molecular formula is C18H15N3O2. The van der Waals surface area contributed by atoms with E-state index in [1.165, 1.54) is 11.1 Å². The van der Waals surface area contributed by atoms with E-state index in [0.29, 0.717) is 5.39 Å². The van der Waals surface area contributed by atoms with Crippen molar-refractivity contribution in [2.45, 2.75) is 18.9 Å². The lowest BCUT2D eigenvalue weighted by molar-refractivity contribution is -0.383. The molecule has 23 heavy (non-hydrogen) atoms. The van der Waals surface area contributed by atoms with Crippen molar-refractivity contribution in [2.24, 2.45) is 0 Å². The van der Waals surface area contributed by atoms with E-state index in [4.69, 9.17) is 0 Å². The molecule has 114 valence electrons. The molecular weight excluding hydrogens is 290 g/mol. The van der Waals surface area contributed by atoms with Crippen LogP contribution in [0.3, 0.4) is 0 Å². The summed E-state index contributed by atoms with van der Waals surface area (Å²) in [5, 5.41) is 16.1. The predicted molar refractivity (Wildman–Crippen MR) is 89.5 cm³/mol. The summed E-state index contributed by atoms with van der Waals surface area (Å²) in [4.78, 5) is 14.9. The summed E-state index contributed by atoms with van der Waals surface area (Å²) in [5.74, 6) is 0. The first-order valence-electron chi connectivity index (χ1n) is 7.59. The second-order valence-electron chi connectivity index (χ2n) is 5.75. The molecule has 3 aromatic rings. The van der Waals surface area contributed by atoms with E-state index in [0.717, 1.165) is 23.9 Å². The first-order valence-corrected chi connectivity index (χ1v) is 7.59. The SMILES string of the molecule is O=[N+]([O-])c1ccc(NC2CCc3ccccc32)c2ccncc12. The van der Waals surface area contributed by atoms with Crippen LogP contribution in [0.5, 0.6) is 0 Å². The number of non-ortho nitro benzene ring substituents is 1. The number of aryl methyl sites for hydroxylation is 1. The quantitative estimate of drug-likeness (QED) is 0.580. The van der Waals surface area contributed by atoms with Gasteiger partial charge in [-0.25, -0.2) is 0 Å². The summed E-state index contributed by atoms with van der Waals surface area (Å²) in [6.45, 7) is 0. The Balaban J connectivity index is 1.76. The lowest BCUT2D eigenvalue weighted by atomic mass is 10.1. The van der Waals surface area contributed by atoms with Crippen LogP contribution in [0.2, 0.25) is 0 Å². The van der Waals surface area contributed by atoms with Gasteiger partial charge in [-0.2, -0.15) is 0 Å². The summed E-state index contributed by atoms with van der Waals surface area (Å²) >= 11 is 0. The fourth-order valence-corrected chi connectivity index (χ4v) is 3.36. The molecule has 0 spiro atoms. The number of anilines is 1. The molecule has 1 atom stereocenters. The van der Waals surface area contributed by atoms with E-state index >= 15 is 0 Å². The van der Waals surface area contributed by atoms with E-state index in [2.05, 4.69) is 34.6 Å². The lowest BCUT2D eigenvalue weighted by Gasteiger charge is -2.17. The Bertz CT molecular complexity index is 908. The van der Waals surface area contributed by atoms with E-state index in [-0.39, 0.29) is 16.7 Å². The van der Waals surface area contributed by atoms with Crippen molar-refractivity contribution in [3.63, 3.8) is 0 Å². The Morgan fingerprint density at radius 2 is 2.00 bits per heavy atom. The van der Waals surface area contributed by atoms with Crippen LogP contribution in [0, 0.1) is 10.1 Å². The van der Waals surface area contributed by atoms with Gasteiger partial charge in [-0.3, -0.25) is 15.1 Å². The molecule has 5 heteroatoms. The number of aromatic nitrogens is 1. The first kappa shape index (κ1) is 13.7. The van der Waals surface area contributed by atoms with Crippen LogP contribution in [0.4, 0.5) is 11.4 Å². The summed E-state index contributed by atoms with van der Waals surface area (Å²) < 4.78 is 0. The number of nitro benzene ring substituents is 1. The fraction of sp³-hybridized carbons (Fsp3) is 0.167. The summed E-state index contributed by atoms with van der Waals surface area (Å²) in [6.07, 6.45) is 5.31. The van der Waals surface area contributed by atoms with Crippen molar-refractivity contribution in [2.75, 3.05) is 5.32 Å². The normalized spacial score (nSPS) is 16.3. The molecule has 1 heterocycles. The maximum Gasteiger partial charge on any atom is 0.278 e. The van der Waals surface area contributed by atoms with Crippen molar-refractivity contribution in [3.05, 3.63) is 76.1 Å². The highest BCUT2D eigenvalue weighted by molar-refractivity contribution is 5.99. The largest absolute Gasteiger partial charge is 0.378 e. The minimum atomic E-state index is -0.362. The Labute approximate surface area is 133 Å². The van der Waals surface area contributed by atoms with Gasteiger partial charge in [0.2, 0.25) is 0 Å². The topological polar surface area (TPSA) is 68.1 Å². The zero-order valence-electron chi connectivity index (χ0n) is 12.4. The number of nitro groups is 1. The third-order valence-electron chi connectivity index (χ3n) is 4.45. The third-order valence-corrected chi connectivity index (χ3v) is 4.45. The van der Waals surface area contributed by atoms with Crippen LogP contribution in [-0.2, 0) is 6.42 Å². The van der Waals surface area contributed by atoms with Gasteiger partial charge in [0.25, 0.3) is 5.69 Å². The Morgan fingerprint density at radius 1 is 1.13 bits per heavy atom. The van der Waals surface area contributed by atoms with Gasteiger partial charge in [-0.15, -0.1) is 0 Å². The highest BCUT2D eigenvalue weighted by Crippen LogP contribution is 2.37. The average molecular weight is 305 g/mol. The number of nitrogens with one attached hydrogen (secondary N) is 1. The standard InChI is InChI=1S/C18H15N3O2/c22-21(23)18-8-7-17(14-9-10-19-11-15(14)18)20-16-6-5-12-3-1-2-4-13(12)16/h1-4,7-11,16,20H,5-6H2. The molecule has 0 bridgehead atoms. The Kier molecular flexibility index (Phi) is 3.19. The molecule has 0 radical (unpaired) electrons. The van der Waals surface area contributed by atoms with Gasteiger partial charge in [-0.1, -0.05) is 24.3 Å². The number of fused-ring (bicyclic) bond motifs is 2. The van der Waals surface area contributed by atoms with E-state index in [9.17, 15) is 10.1 Å². The zero-order valence-corrected chi connectivity index (χ0v) is 12.4. The molecule has 4 rings (SSSR count). The highest BCUT2D eigenvalue weighted by atomic mass is 16.6. The second-order valence-corrected chi connectivity index (χ2v) is 5.75. The monoisotopic (exact) mass is 305 g/mol. The molecule has 0 saturated heterocycles. The van der Waals surface area contributed by atoms with Crippen molar-refractivity contribution in [1.29, 1.82) is 0 Å². The molecule has 0 saturated carbocycles. The van der Waals surface area contributed by atoms with Crippen LogP contribution in [0.15, 0.2) is 54.9 Å². The third kappa shape index (κ3) is 2.30. The van der Waals surface area contributed by atoms with Gasteiger partial charge in [0.05, 0.1) is 16.4 Å². The maximum absolute atomic E-state index is 11.2. The Morgan fingerprint density at radius 3 is 2.87 bits per heavy atom. The number of rotatable bonds is 3. The van der Waals surface area contributed by atoms with Gasteiger partial charge in [0.1, 0.15) is 0 Å². The molecule has 2 aromatic carbocycles. The molecule has 0 amide bonds. The molecule has 1 unspecified atom stereocenters. The van der Waals surface area contributed by atoms with Gasteiger partial charge in [-0.05, 0) is 36.1 Å². The summed E-state index contributed by atoms with van der Waals surface area (Å²) in [6, 6.07) is 13.8. The minimum Gasteiger partial charge on any atom is -0.378 e. The minimum absolute atomic E-state index is 0.0884. The average Bonchev–Trinajstić information content (AvgIpc) is 2.98. The van der Waals surface area contributed by atoms with E-state index in [1.807, 2.05) is 6.07 Å². The highest BCUT2D eigenvalue weighted by Gasteiger charge is 2.23. The predicted octanol–water partition coefficient (Wildman–Crippen LogP) is 4.24. The Hall–Kier alpha value is -2.95. The summed E-state index contributed by atoms with van der Waals surface area (Å²) in [5.41, 5.74) is 3.69. The zero-order chi connectivity index (χ0) is 15.8. The van der Waals surface area contributed by atoms with Crippen molar-refractivity contribution < 1.29 is 4.92 Å². The van der Waals surface area contributed by atoms with Gasteiger partial charge >= 0.3 is 0 Å². The van der Waals surface area contributed by atoms with Crippen LogP contribution >= 0.6 is 0 Å². The van der Waals surface area contributed by atoms with E-state index < -0.39 is 0 Å². The molecule has 0 aliphatic heterocycles. The molecule has 0 fully saturated rings. The van der Waals surface area contributed by atoms with Crippen molar-refractivity contribution in [3.8, 4) is 0 Å². The van der Waals surface area contributed by atoms with Gasteiger partial charge in [0, 0.05) is 29.5 Å². The number of benzene rings is 2. The van der Waals surface area contributed by atoms with E-state index in [1.54, 1.807) is 24.5 Å². The number of hydrogen-bond donors (Lipinski definition) is 1. The van der Waals surface area contributed by atoms with Gasteiger partial charge in [0.15, 0.2) is 0 Å². The lowest BCUT2D eigenvalue weighted by Crippen LogP contribution is -2.07. The number of nitrogens with zero attached hydrogens (tertiary/aromatic N) is 2. The van der Waals surface area contributed by atoms with Gasteiger partial charge < -0.3 is 5.32 Å². The smallest absolute Gasteiger partial charge is 0.278 e. The van der Waals surface area contributed by atoms with Crippen molar-refractivity contribution in [1.82, 2.24) is 4.98 Å². The molecule has 1 aliphatic carbocycles.